The van der Waals surface area contributed by atoms with Crippen molar-refractivity contribution < 1.29 is 5.11 Å². The van der Waals surface area contributed by atoms with E-state index in [9.17, 15) is 5.11 Å². The van der Waals surface area contributed by atoms with Crippen molar-refractivity contribution in [1.29, 1.82) is 5.26 Å². The highest BCUT2D eigenvalue weighted by Crippen LogP contribution is 2.04. The Morgan fingerprint density at radius 3 is 2.42 bits per heavy atom. The van der Waals surface area contributed by atoms with Gasteiger partial charge in [-0.15, -0.1) is 0 Å². The van der Waals surface area contributed by atoms with Gasteiger partial charge in [-0.05, 0) is 20.4 Å². The zero-order valence-corrected chi connectivity index (χ0v) is 8.12. The largest absolute Gasteiger partial charge is 0.392 e. The number of likely N-dealkylation sites (N-methyl/N-ethyl adjacent to an activating group) is 1. The summed E-state index contributed by atoms with van der Waals surface area (Å²) in [5.41, 5.74) is 0. The molecule has 3 heteroatoms. The Kier molecular flexibility index (Phi) is 5.69. The second-order valence-corrected chi connectivity index (χ2v) is 3.02. The molecule has 3 nitrogen and oxygen atoms in total. The van der Waals surface area contributed by atoms with E-state index in [1.165, 1.54) is 0 Å². The first-order valence-electron chi connectivity index (χ1n) is 4.42. The highest BCUT2D eigenvalue weighted by Gasteiger charge is 2.15. The lowest BCUT2D eigenvalue weighted by atomic mass is 10.2. The molecule has 0 bridgehead atoms. The molecule has 0 spiro atoms. The summed E-state index contributed by atoms with van der Waals surface area (Å²) >= 11 is 0. The van der Waals surface area contributed by atoms with Crippen LogP contribution in [0, 0.1) is 11.3 Å². The second kappa shape index (κ2) is 5.99. The first-order chi connectivity index (χ1) is 5.63. The predicted octanol–water partition coefficient (Wildman–Crippen LogP) is 0.991. The van der Waals surface area contributed by atoms with Crippen LogP contribution in [-0.4, -0.2) is 35.2 Å². The monoisotopic (exact) mass is 170 g/mol. The molecule has 2 unspecified atom stereocenters. The third-order valence-corrected chi connectivity index (χ3v) is 2.19. The van der Waals surface area contributed by atoms with Crippen LogP contribution in [0.4, 0.5) is 0 Å². The molecule has 0 saturated carbocycles. The van der Waals surface area contributed by atoms with Gasteiger partial charge in [0.15, 0.2) is 0 Å². The van der Waals surface area contributed by atoms with E-state index in [0.717, 1.165) is 13.1 Å². The quantitative estimate of drug-likeness (QED) is 0.669. The molecule has 1 N–H and O–H groups in total. The maximum absolute atomic E-state index is 9.30. The minimum Gasteiger partial charge on any atom is -0.392 e. The maximum atomic E-state index is 9.30. The first kappa shape index (κ1) is 11.4. The van der Waals surface area contributed by atoms with Gasteiger partial charge in [-0.1, -0.05) is 6.92 Å². The molecule has 0 rings (SSSR count). The van der Waals surface area contributed by atoms with Crippen LogP contribution in [0.2, 0.25) is 0 Å². The van der Waals surface area contributed by atoms with Gasteiger partial charge in [0, 0.05) is 19.0 Å². The Morgan fingerprint density at radius 1 is 1.50 bits per heavy atom. The molecule has 70 valence electrons. The van der Waals surface area contributed by atoms with Crippen molar-refractivity contribution in [2.45, 2.75) is 39.3 Å². The molecule has 0 aliphatic heterocycles. The molecule has 2 atom stereocenters. The van der Waals surface area contributed by atoms with Crippen LogP contribution in [0.5, 0.6) is 0 Å². The summed E-state index contributed by atoms with van der Waals surface area (Å²) in [5, 5.41) is 17.7. The van der Waals surface area contributed by atoms with Crippen LogP contribution in [0.15, 0.2) is 0 Å². The molecule has 0 aromatic carbocycles. The van der Waals surface area contributed by atoms with E-state index in [1.54, 1.807) is 6.92 Å². The number of hydrogen-bond acceptors (Lipinski definition) is 3. The Bertz CT molecular complexity index is 151. The lowest BCUT2D eigenvalue weighted by Crippen LogP contribution is -2.40. The van der Waals surface area contributed by atoms with E-state index in [4.69, 9.17) is 5.26 Å². The van der Waals surface area contributed by atoms with Gasteiger partial charge in [0.05, 0.1) is 12.2 Å². The van der Waals surface area contributed by atoms with E-state index in [2.05, 4.69) is 11.0 Å². The molecule has 0 radical (unpaired) electrons. The minimum absolute atomic E-state index is 0.142. The number of hydrogen-bond donors (Lipinski definition) is 1. The van der Waals surface area contributed by atoms with Gasteiger partial charge < -0.3 is 5.11 Å². The van der Waals surface area contributed by atoms with E-state index in [-0.39, 0.29) is 12.1 Å². The Hall–Kier alpha value is -0.590. The maximum Gasteiger partial charge on any atom is 0.0664 e. The van der Waals surface area contributed by atoms with Crippen molar-refractivity contribution in [3.63, 3.8) is 0 Å². The summed E-state index contributed by atoms with van der Waals surface area (Å²) in [7, 11) is 0. The normalized spacial score (nSPS) is 15.7. The summed E-state index contributed by atoms with van der Waals surface area (Å²) < 4.78 is 0. The van der Waals surface area contributed by atoms with Gasteiger partial charge in [-0.25, -0.2) is 0 Å². The number of nitrogens with zero attached hydrogens (tertiary/aromatic N) is 2. The standard InChI is InChI=1S/C9H18N2O/c1-4-11(7-5-6-10)8(2)9(3)12/h8-9,12H,4-5,7H2,1-3H3. The number of nitriles is 1. The van der Waals surface area contributed by atoms with Crippen LogP contribution in [0.3, 0.4) is 0 Å². The highest BCUT2D eigenvalue weighted by molar-refractivity contribution is 4.76. The Balaban J connectivity index is 3.89. The molecule has 0 fully saturated rings. The molecular formula is C9H18N2O. The fourth-order valence-electron chi connectivity index (χ4n) is 1.15. The fourth-order valence-corrected chi connectivity index (χ4v) is 1.15. The molecule has 0 amide bonds. The van der Waals surface area contributed by atoms with Gasteiger partial charge >= 0.3 is 0 Å². The average Bonchev–Trinajstić information content (AvgIpc) is 2.05. The van der Waals surface area contributed by atoms with Crippen molar-refractivity contribution in [2.75, 3.05) is 13.1 Å². The lowest BCUT2D eigenvalue weighted by molar-refractivity contribution is 0.0753. The van der Waals surface area contributed by atoms with Gasteiger partial charge in [-0.3, -0.25) is 4.90 Å². The summed E-state index contributed by atoms with van der Waals surface area (Å²) in [6.45, 7) is 7.42. The zero-order valence-electron chi connectivity index (χ0n) is 8.12. The van der Waals surface area contributed by atoms with Crippen molar-refractivity contribution >= 4 is 0 Å². The van der Waals surface area contributed by atoms with Gasteiger partial charge in [0.25, 0.3) is 0 Å². The third-order valence-electron chi connectivity index (χ3n) is 2.19. The van der Waals surface area contributed by atoms with Crippen molar-refractivity contribution in [2.24, 2.45) is 0 Å². The van der Waals surface area contributed by atoms with Crippen LogP contribution >= 0.6 is 0 Å². The Labute approximate surface area is 74.6 Å². The number of aliphatic hydroxyl groups is 1. The summed E-state index contributed by atoms with van der Waals surface area (Å²) in [5.74, 6) is 0. The van der Waals surface area contributed by atoms with E-state index in [1.807, 2.05) is 13.8 Å². The molecule has 0 aromatic heterocycles. The van der Waals surface area contributed by atoms with Crippen molar-refractivity contribution in [1.82, 2.24) is 4.90 Å². The summed E-state index contributed by atoms with van der Waals surface area (Å²) in [6, 6.07) is 2.24. The van der Waals surface area contributed by atoms with Gasteiger partial charge in [0.1, 0.15) is 0 Å². The lowest BCUT2D eigenvalue weighted by Gasteiger charge is -2.28. The number of aliphatic hydroxyl groups excluding tert-OH is 1. The smallest absolute Gasteiger partial charge is 0.0664 e. The molecule has 0 aliphatic rings. The first-order valence-corrected chi connectivity index (χ1v) is 4.42. The Morgan fingerprint density at radius 2 is 2.08 bits per heavy atom. The predicted molar refractivity (Wildman–Crippen MR) is 48.6 cm³/mol. The average molecular weight is 170 g/mol. The summed E-state index contributed by atoms with van der Waals surface area (Å²) in [6.07, 6.45) is 0.203. The molecule has 12 heavy (non-hydrogen) atoms. The van der Waals surface area contributed by atoms with E-state index in [0.29, 0.717) is 6.42 Å². The van der Waals surface area contributed by atoms with Gasteiger partial charge in [-0.2, -0.15) is 5.26 Å². The third kappa shape index (κ3) is 3.70. The summed E-state index contributed by atoms with van der Waals surface area (Å²) in [4.78, 5) is 2.11. The topological polar surface area (TPSA) is 47.3 Å². The van der Waals surface area contributed by atoms with Crippen molar-refractivity contribution in [3.8, 4) is 6.07 Å². The van der Waals surface area contributed by atoms with Crippen LogP contribution < -0.4 is 0 Å². The van der Waals surface area contributed by atoms with E-state index < -0.39 is 0 Å². The van der Waals surface area contributed by atoms with Gasteiger partial charge in [0.2, 0.25) is 0 Å². The highest BCUT2D eigenvalue weighted by atomic mass is 16.3. The molecule has 0 saturated heterocycles. The van der Waals surface area contributed by atoms with Crippen molar-refractivity contribution in [3.05, 3.63) is 0 Å². The molecule has 0 heterocycles. The molecule has 0 aliphatic carbocycles. The van der Waals surface area contributed by atoms with E-state index >= 15 is 0 Å². The minimum atomic E-state index is -0.330. The van der Waals surface area contributed by atoms with Crippen LogP contribution in [0.1, 0.15) is 27.2 Å². The number of rotatable bonds is 5. The fraction of sp³-hybridized carbons (Fsp3) is 0.889. The van der Waals surface area contributed by atoms with Crippen LogP contribution in [0.25, 0.3) is 0 Å². The molecular weight excluding hydrogens is 152 g/mol. The van der Waals surface area contributed by atoms with Crippen LogP contribution in [-0.2, 0) is 0 Å². The second-order valence-electron chi connectivity index (χ2n) is 3.02. The zero-order chi connectivity index (χ0) is 9.56. The SMILES string of the molecule is CCN(CCC#N)C(C)C(C)O. The molecule has 0 aromatic rings.